The van der Waals surface area contributed by atoms with E-state index in [0.29, 0.717) is 12.2 Å². The van der Waals surface area contributed by atoms with Crippen molar-refractivity contribution in [1.29, 1.82) is 0 Å². The van der Waals surface area contributed by atoms with Crippen molar-refractivity contribution >= 4 is 17.0 Å². The van der Waals surface area contributed by atoms with Crippen molar-refractivity contribution in [3.8, 4) is 5.75 Å². The zero-order valence-corrected chi connectivity index (χ0v) is 10.2. The molecule has 0 bridgehead atoms. The van der Waals surface area contributed by atoms with Crippen LogP contribution < -0.4 is 4.74 Å². The monoisotopic (exact) mass is 265 g/mol. The molecule has 0 saturated carbocycles. The van der Waals surface area contributed by atoms with Crippen molar-refractivity contribution in [2.75, 3.05) is 0 Å². The highest BCUT2D eigenvalue weighted by Gasteiger charge is 2.16. The Kier molecular flexibility index (Phi) is 3.91. The summed E-state index contributed by atoms with van der Waals surface area (Å²) in [5.41, 5.74) is 0.364. The fraction of sp³-hybridized carbons (Fsp3) is 0.167. The molecule has 5 nitrogen and oxygen atoms in total. The van der Waals surface area contributed by atoms with Crippen molar-refractivity contribution in [3.63, 3.8) is 0 Å². The van der Waals surface area contributed by atoms with E-state index in [1.165, 1.54) is 23.5 Å². The summed E-state index contributed by atoms with van der Waals surface area (Å²) in [5, 5.41) is 21.8. The number of aliphatic hydroxyl groups is 1. The number of benzene rings is 1. The second kappa shape index (κ2) is 5.61. The minimum Gasteiger partial charge on any atom is -0.481 e. The molecule has 0 saturated heterocycles. The van der Waals surface area contributed by atoms with Crippen molar-refractivity contribution in [1.82, 2.24) is 0 Å². The van der Waals surface area contributed by atoms with E-state index in [9.17, 15) is 10.1 Å². The lowest BCUT2D eigenvalue weighted by molar-refractivity contribution is -0.386. The van der Waals surface area contributed by atoms with Gasteiger partial charge < -0.3 is 9.84 Å². The molecule has 6 heteroatoms. The van der Waals surface area contributed by atoms with Gasteiger partial charge >= 0.3 is 5.69 Å². The molecule has 1 aromatic heterocycles. The molecule has 2 rings (SSSR count). The molecule has 1 heterocycles. The third kappa shape index (κ3) is 2.85. The first kappa shape index (κ1) is 12.5. The normalized spacial score (nSPS) is 10.3. The van der Waals surface area contributed by atoms with Gasteiger partial charge in [0.15, 0.2) is 5.75 Å². The van der Waals surface area contributed by atoms with E-state index in [1.54, 1.807) is 6.07 Å². The van der Waals surface area contributed by atoms with Crippen LogP contribution in [0.1, 0.15) is 10.4 Å². The smallest absolute Gasteiger partial charge is 0.311 e. The molecular formula is C12H11NO4S. The minimum atomic E-state index is -0.511. The number of thiophene rings is 1. The van der Waals surface area contributed by atoms with Gasteiger partial charge in [-0.1, -0.05) is 12.1 Å². The van der Waals surface area contributed by atoms with Gasteiger partial charge in [-0.05, 0) is 23.1 Å². The highest BCUT2D eigenvalue weighted by molar-refractivity contribution is 7.09. The number of nitrogens with zero attached hydrogens (tertiary/aromatic N) is 1. The molecule has 0 unspecified atom stereocenters. The largest absolute Gasteiger partial charge is 0.481 e. The topological polar surface area (TPSA) is 72.6 Å². The summed E-state index contributed by atoms with van der Waals surface area (Å²) in [7, 11) is 0. The second-order valence-electron chi connectivity index (χ2n) is 3.59. The average Bonchev–Trinajstić information content (AvgIpc) is 2.89. The van der Waals surface area contributed by atoms with Crippen LogP contribution in [0.15, 0.2) is 35.7 Å². The van der Waals surface area contributed by atoms with Gasteiger partial charge in [0.05, 0.1) is 11.5 Å². The molecule has 0 aliphatic rings. The second-order valence-corrected chi connectivity index (χ2v) is 4.62. The molecule has 0 aliphatic heterocycles. The molecule has 0 fully saturated rings. The van der Waals surface area contributed by atoms with E-state index >= 15 is 0 Å². The van der Waals surface area contributed by atoms with Gasteiger partial charge in [0.1, 0.15) is 6.61 Å². The molecule has 0 radical (unpaired) electrons. The van der Waals surface area contributed by atoms with Crippen LogP contribution in [0.3, 0.4) is 0 Å². The summed E-state index contributed by atoms with van der Waals surface area (Å²) in [4.78, 5) is 11.4. The molecule has 94 valence electrons. The molecule has 0 atom stereocenters. The average molecular weight is 265 g/mol. The molecule has 18 heavy (non-hydrogen) atoms. The van der Waals surface area contributed by atoms with Crippen LogP contribution in [0.25, 0.3) is 0 Å². The molecule has 0 amide bonds. The van der Waals surface area contributed by atoms with E-state index in [2.05, 4.69) is 0 Å². The highest BCUT2D eigenvalue weighted by atomic mass is 32.1. The Morgan fingerprint density at radius 1 is 1.39 bits per heavy atom. The molecule has 2 aromatic rings. The first-order valence-corrected chi connectivity index (χ1v) is 6.12. The Bertz CT molecular complexity index is 539. The van der Waals surface area contributed by atoms with Gasteiger partial charge in [0.25, 0.3) is 0 Å². The summed E-state index contributed by atoms with van der Waals surface area (Å²) in [5.74, 6) is 0.214. The molecule has 0 aliphatic carbocycles. The summed E-state index contributed by atoms with van der Waals surface area (Å²) >= 11 is 1.53. The lowest BCUT2D eigenvalue weighted by Crippen LogP contribution is -1.99. The summed E-state index contributed by atoms with van der Waals surface area (Å²) in [6.45, 7) is 0.0724. The lowest BCUT2D eigenvalue weighted by atomic mass is 10.2. The number of ether oxygens (including phenoxy) is 1. The van der Waals surface area contributed by atoms with Gasteiger partial charge in [-0.3, -0.25) is 10.1 Å². The first-order valence-electron chi connectivity index (χ1n) is 5.24. The van der Waals surface area contributed by atoms with E-state index in [1.807, 2.05) is 17.5 Å². The fourth-order valence-corrected chi connectivity index (χ4v) is 2.09. The van der Waals surface area contributed by atoms with E-state index < -0.39 is 4.92 Å². The zero-order valence-electron chi connectivity index (χ0n) is 9.41. The number of hydrogen-bond donors (Lipinski definition) is 1. The lowest BCUT2D eigenvalue weighted by Gasteiger charge is -2.06. The summed E-state index contributed by atoms with van der Waals surface area (Å²) in [6.07, 6.45) is 0. The summed E-state index contributed by atoms with van der Waals surface area (Å²) in [6, 6.07) is 8.24. The molecular weight excluding hydrogens is 254 g/mol. The number of nitro groups is 1. The Balaban J connectivity index is 2.18. The number of hydrogen-bond acceptors (Lipinski definition) is 5. The van der Waals surface area contributed by atoms with Crippen LogP contribution in [-0.4, -0.2) is 10.0 Å². The van der Waals surface area contributed by atoms with Crippen molar-refractivity contribution < 1.29 is 14.8 Å². The third-order valence-corrected chi connectivity index (χ3v) is 3.20. The van der Waals surface area contributed by atoms with Crippen molar-refractivity contribution in [2.24, 2.45) is 0 Å². The number of nitro benzene ring substituents is 1. The maximum atomic E-state index is 10.9. The SMILES string of the molecule is O=[N+]([O-])c1cc(CO)ccc1OCc1cccs1. The van der Waals surface area contributed by atoms with E-state index in [-0.39, 0.29) is 18.0 Å². The minimum absolute atomic E-state index is 0.127. The van der Waals surface area contributed by atoms with Gasteiger partial charge in [0, 0.05) is 10.9 Å². The standard InChI is InChI=1S/C12H11NO4S/c14-7-9-3-4-12(11(6-9)13(15)16)17-8-10-2-1-5-18-10/h1-6,14H,7-8H2. The maximum absolute atomic E-state index is 10.9. The molecule has 1 N–H and O–H groups in total. The van der Waals surface area contributed by atoms with Gasteiger partial charge in [-0.15, -0.1) is 11.3 Å². The fourth-order valence-electron chi connectivity index (χ4n) is 1.47. The van der Waals surface area contributed by atoms with Gasteiger partial charge in [-0.25, -0.2) is 0 Å². The van der Waals surface area contributed by atoms with Crippen LogP contribution in [0.4, 0.5) is 5.69 Å². The van der Waals surface area contributed by atoms with Crippen LogP contribution in [0.2, 0.25) is 0 Å². The quantitative estimate of drug-likeness (QED) is 0.666. The zero-order chi connectivity index (χ0) is 13.0. The first-order chi connectivity index (χ1) is 8.70. The summed E-state index contributed by atoms with van der Waals surface area (Å²) < 4.78 is 5.43. The van der Waals surface area contributed by atoms with Gasteiger partial charge in [-0.2, -0.15) is 0 Å². The predicted octanol–water partition coefficient (Wildman–Crippen LogP) is 2.73. The number of rotatable bonds is 5. The molecule has 1 aromatic carbocycles. The molecule has 0 spiro atoms. The highest BCUT2D eigenvalue weighted by Crippen LogP contribution is 2.29. The Hall–Kier alpha value is -1.92. The van der Waals surface area contributed by atoms with E-state index in [0.717, 1.165) is 4.88 Å². The maximum Gasteiger partial charge on any atom is 0.311 e. The van der Waals surface area contributed by atoms with Crippen LogP contribution >= 0.6 is 11.3 Å². The van der Waals surface area contributed by atoms with Crippen molar-refractivity contribution in [2.45, 2.75) is 13.2 Å². The van der Waals surface area contributed by atoms with Crippen molar-refractivity contribution in [3.05, 3.63) is 56.3 Å². The Morgan fingerprint density at radius 3 is 2.83 bits per heavy atom. The third-order valence-electron chi connectivity index (χ3n) is 2.35. The Labute approximate surface area is 107 Å². The van der Waals surface area contributed by atoms with E-state index in [4.69, 9.17) is 9.84 Å². The Morgan fingerprint density at radius 2 is 2.22 bits per heavy atom. The van der Waals surface area contributed by atoms with Crippen LogP contribution in [0.5, 0.6) is 5.75 Å². The van der Waals surface area contributed by atoms with Gasteiger partial charge in [0.2, 0.25) is 0 Å². The number of aliphatic hydroxyl groups excluding tert-OH is 1. The predicted molar refractivity (Wildman–Crippen MR) is 67.7 cm³/mol. The van der Waals surface area contributed by atoms with Crippen LogP contribution in [-0.2, 0) is 13.2 Å². The van der Waals surface area contributed by atoms with Crippen LogP contribution in [0, 0.1) is 10.1 Å².